The monoisotopic (exact) mass is 171 g/mol. The molecule has 2 fully saturated rings. The molecular weight excluding hydrogens is 154 g/mol. The van der Waals surface area contributed by atoms with Crippen LogP contribution < -0.4 is 5.32 Å². The zero-order chi connectivity index (χ0) is 8.77. The highest BCUT2D eigenvalue weighted by Gasteiger charge is 2.47. The Balaban J connectivity index is 1.97. The molecular formula is C9H17NO2. The van der Waals surface area contributed by atoms with Crippen molar-refractivity contribution in [3.8, 4) is 0 Å². The summed E-state index contributed by atoms with van der Waals surface area (Å²) >= 11 is 0. The van der Waals surface area contributed by atoms with Crippen LogP contribution in [0.25, 0.3) is 0 Å². The molecule has 0 aromatic heterocycles. The quantitative estimate of drug-likeness (QED) is 0.490. The molecule has 0 saturated heterocycles. The fraction of sp³-hybridized carbons (Fsp3) is 1.00. The van der Waals surface area contributed by atoms with Crippen LogP contribution in [0.2, 0.25) is 0 Å². The van der Waals surface area contributed by atoms with Gasteiger partial charge in [-0.2, -0.15) is 0 Å². The summed E-state index contributed by atoms with van der Waals surface area (Å²) in [5.74, 6) is -0.275. The maximum Gasteiger partial charge on any atom is 0.163 e. The molecule has 0 spiro atoms. The summed E-state index contributed by atoms with van der Waals surface area (Å²) in [6.45, 7) is 0. The van der Waals surface area contributed by atoms with Crippen LogP contribution in [0.15, 0.2) is 0 Å². The molecule has 2 rings (SSSR count). The van der Waals surface area contributed by atoms with E-state index in [9.17, 15) is 10.2 Å². The average Bonchev–Trinajstić information content (AvgIpc) is 2.40. The molecule has 12 heavy (non-hydrogen) atoms. The minimum atomic E-state index is -1.35. The SMILES string of the molecule is CNC1C[C@@H]2CC(O)(O)C[C@@H]2C1. The largest absolute Gasteiger partial charge is 0.366 e. The van der Waals surface area contributed by atoms with Gasteiger partial charge in [0.2, 0.25) is 0 Å². The lowest BCUT2D eigenvalue weighted by Crippen LogP contribution is -2.28. The van der Waals surface area contributed by atoms with E-state index in [-0.39, 0.29) is 0 Å². The Kier molecular flexibility index (Phi) is 1.90. The Morgan fingerprint density at radius 1 is 1.17 bits per heavy atom. The van der Waals surface area contributed by atoms with Crippen molar-refractivity contribution < 1.29 is 10.2 Å². The van der Waals surface area contributed by atoms with Gasteiger partial charge in [-0.3, -0.25) is 0 Å². The molecule has 0 radical (unpaired) electrons. The highest BCUT2D eigenvalue weighted by atomic mass is 16.5. The highest BCUT2D eigenvalue weighted by Crippen LogP contribution is 2.47. The maximum absolute atomic E-state index is 9.39. The summed E-state index contributed by atoms with van der Waals surface area (Å²) in [5.41, 5.74) is 0. The van der Waals surface area contributed by atoms with Crippen molar-refractivity contribution in [2.75, 3.05) is 7.05 Å². The Bertz CT molecular complexity index is 165. The van der Waals surface area contributed by atoms with Crippen LogP contribution in [0, 0.1) is 11.8 Å². The minimum absolute atomic E-state index is 0.539. The first-order valence-electron chi connectivity index (χ1n) is 4.73. The van der Waals surface area contributed by atoms with Gasteiger partial charge >= 0.3 is 0 Å². The highest BCUT2D eigenvalue weighted by molar-refractivity contribution is 4.96. The second-order valence-corrected chi connectivity index (χ2v) is 4.37. The van der Waals surface area contributed by atoms with Crippen molar-refractivity contribution in [1.29, 1.82) is 0 Å². The summed E-state index contributed by atoms with van der Waals surface area (Å²) in [7, 11) is 1.98. The minimum Gasteiger partial charge on any atom is -0.366 e. The Morgan fingerprint density at radius 3 is 2.08 bits per heavy atom. The van der Waals surface area contributed by atoms with Crippen molar-refractivity contribution in [3.05, 3.63) is 0 Å². The van der Waals surface area contributed by atoms with Crippen molar-refractivity contribution in [2.45, 2.75) is 37.5 Å². The predicted octanol–water partition coefficient (Wildman–Crippen LogP) is 0.0753. The van der Waals surface area contributed by atoms with Gasteiger partial charge in [-0.05, 0) is 31.7 Å². The fourth-order valence-corrected chi connectivity index (χ4v) is 2.87. The van der Waals surface area contributed by atoms with E-state index in [1.165, 1.54) is 0 Å². The first kappa shape index (κ1) is 8.48. The molecule has 3 nitrogen and oxygen atoms in total. The topological polar surface area (TPSA) is 52.5 Å². The van der Waals surface area contributed by atoms with E-state index >= 15 is 0 Å². The molecule has 3 N–H and O–H groups in total. The molecule has 3 atom stereocenters. The number of nitrogens with one attached hydrogen (secondary N) is 1. The third kappa shape index (κ3) is 1.37. The van der Waals surface area contributed by atoms with E-state index in [4.69, 9.17) is 0 Å². The van der Waals surface area contributed by atoms with Gasteiger partial charge in [-0.25, -0.2) is 0 Å². The van der Waals surface area contributed by atoms with Crippen LogP contribution in [0.1, 0.15) is 25.7 Å². The molecule has 2 aliphatic carbocycles. The fourth-order valence-electron chi connectivity index (χ4n) is 2.87. The van der Waals surface area contributed by atoms with Crippen molar-refractivity contribution in [3.63, 3.8) is 0 Å². The lowest BCUT2D eigenvalue weighted by molar-refractivity contribution is -0.158. The standard InChI is InChI=1S/C9H17NO2/c1-10-8-2-6-4-9(11,12)5-7(6)3-8/h6-8,10-12H,2-5H2,1H3/t6-,7+,8?. The van der Waals surface area contributed by atoms with Gasteiger partial charge in [-0.15, -0.1) is 0 Å². The lowest BCUT2D eigenvalue weighted by atomic mass is 10.0. The number of rotatable bonds is 1. The Labute approximate surface area is 72.8 Å². The number of fused-ring (bicyclic) bond motifs is 1. The number of hydrogen-bond donors (Lipinski definition) is 3. The van der Waals surface area contributed by atoms with Crippen LogP contribution >= 0.6 is 0 Å². The van der Waals surface area contributed by atoms with Crippen LogP contribution in [0.5, 0.6) is 0 Å². The normalized spacial score (nSPS) is 44.8. The third-order valence-corrected chi connectivity index (χ3v) is 3.43. The van der Waals surface area contributed by atoms with Crippen LogP contribution in [-0.4, -0.2) is 29.1 Å². The molecule has 0 heterocycles. The smallest absolute Gasteiger partial charge is 0.163 e. The Morgan fingerprint density at radius 2 is 1.67 bits per heavy atom. The van der Waals surface area contributed by atoms with Gasteiger partial charge in [0.1, 0.15) is 0 Å². The van der Waals surface area contributed by atoms with Gasteiger partial charge in [-0.1, -0.05) is 0 Å². The van der Waals surface area contributed by atoms with E-state index in [0.29, 0.717) is 30.7 Å². The van der Waals surface area contributed by atoms with E-state index in [0.717, 1.165) is 12.8 Å². The van der Waals surface area contributed by atoms with Gasteiger partial charge in [0.25, 0.3) is 0 Å². The summed E-state index contributed by atoms with van der Waals surface area (Å²) in [6.07, 6.45) is 3.39. The summed E-state index contributed by atoms with van der Waals surface area (Å²) < 4.78 is 0. The predicted molar refractivity (Wildman–Crippen MR) is 45.5 cm³/mol. The molecule has 70 valence electrons. The van der Waals surface area contributed by atoms with Crippen LogP contribution in [-0.2, 0) is 0 Å². The van der Waals surface area contributed by atoms with Crippen molar-refractivity contribution in [1.82, 2.24) is 5.32 Å². The van der Waals surface area contributed by atoms with Crippen LogP contribution in [0.3, 0.4) is 0 Å². The van der Waals surface area contributed by atoms with Gasteiger partial charge in [0.15, 0.2) is 5.79 Å². The molecule has 0 aromatic rings. The molecule has 0 aromatic carbocycles. The van der Waals surface area contributed by atoms with E-state index in [2.05, 4.69) is 5.32 Å². The van der Waals surface area contributed by atoms with Crippen molar-refractivity contribution in [2.24, 2.45) is 11.8 Å². The molecule has 2 aliphatic rings. The average molecular weight is 171 g/mol. The molecule has 0 amide bonds. The van der Waals surface area contributed by atoms with Crippen molar-refractivity contribution >= 4 is 0 Å². The lowest BCUT2D eigenvalue weighted by Gasteiger charge is -2.17. The first-order valence-corrected chi connectivity index (χ1v) is 4.73. The van der Waals surface area contributed by atoms with E-state index < -0.39 is 5.79 Å². The van der Waals surface area contributed by atoms with Crippen LogP contribution in [0.4, 0.5) is 0 Å². The van der Waals surface area contributed by atoms with Gasteiger partial charge in [0.05, 0.1) is 0 Å². The van der Waals surface area contributed by atoms with Gasteiger partial charge < -0.3 is 15.5 Å². The maximum atomic E-state index is 9.39. The molecule has 2 saturated carbocycles. The summed E-state index contributed by atoms with van der Waals surface area (Å²) in [4.78, 5) is 0. The zero-order valence-corrected chi connectivity index (χ0v) is 7.45. The molecule has 1 unspecified atom stereocenters. The number of hydrogen-bond acceptors (Lipinski definition) is 3. The molecule has 0 aliphatic heterocycles. The van der Waals surface area contributed by atoms with E-state index in [1.54, 1.807) is 0 Å². The summed E-state index contributed by atoms with van der Waals surface area (Å²) in [5, 5.41) is 22.0. The van der Waals surface area contributed by atoms with E-state index in [1.807, 2.05) is 7.05 Å². The first-order chi connectivity index (χ1) is 5.61. The molecule has 0 bridgehead atoms. The Hall–Kier alpha value is -0.120. The number of aliphatic hydroxyl groups is 2. The van der Waals surface area contributed by atoms with Gasteiger partial charge in [0, 0.05) is 18.9 Å². The second-order valence-electron chi connectivity index (χ2n) is 4.37. The zero-order valence-electron chi connectivity index (χ0n) is 7.45. The third-order valence-electron chi connectivity index (χ3n) is 3.43. The second kappa shape index (κ2) is 2.69. The molecule has 3 heteroatoms. The summed E-state index contributed by atoms with van der Waals surface area (Å²) in [6, 6.07) is 0.607.